The molecule has 1 aromatic carbocycles. The number of Topliss-reactive ketones (excluding diaryl/α,β-unsaturated/α-hetero) is 1. The Labute approximate surface area is 79.9 Å². The quantitative estimate of drug-likeness (QED) is 0.663. The van der Waals surface area contributed by atoms with Crippen LogP contribution in [0.4, 0.5) is 0 Å². The van der Waals surface area contributed by atoms with E-state index in [9.17, 15) is 4.79 Å². The molecule has 12 heavy (non-hydrogen) atoms. The molecule has 1 nitrogen and oxygen atoms in total. The molecule has 0 atom stereocenters. The molecule has 1 aliphatic rings. The molecule has 0 fully saturated rings. The smallest absolute Gasteiger partial charge is 0.164 e. The Hall–Kier alpha value is -0.630. The zero-order valence-electron chi connectivity index (χ0n) is 6.86. The maximum Gasteiger partial charge on any atom is 0.164 e. The van der Waals surface area contributed by atoms with Gasteiger partial charge in [0.25, 0.3) is 0 Å². The molecule has 0 saturated heterocycles. The van der Waals surface area contributed by atoms with E-state index < -0.39 is 0 Å². The van der Waals surface area contributed by atoms with Gasteiger partial charge in [0.15, 0.2) is 5.78 Å². The third kappa shape index (κ3) is 1.02. The van der Waals surface area contributed by atoms with Crippen molar-refractivity contribution >= 4 is 21.7 Å². The third-order valence-corrected chi connectivity index (χ3v) is 3.34. The first-order valence-corrected chi connectivity index (χ1v) is 4.80. The molecule has 1 aliphatic carbocycles. The van der Waals surface area contributed by atoms with Crippen molar-refractivity contribution in [3.63, 3.8) is 0 Å². The fourth-order valence-corrected chi connectivity index (χ4v) is 2.21. The van der Waals surface area contributed by atoms with Gasteiger partial charge in [-0.25, -0.2) is 0 Å². The second-order valence-electron chi connectivity index (χ2n) is 3.15. The Morgan fingerprint density at radius 1 is 1.33 bits per heavy atom. The number of aryl methyl sites for hydroxylation is 2. The first kappa shape index (κ1) is 7.99. The second-order valence-corrected chi connectivity index (χ2v) is 3.95. The standard InChI is InChI=1S/C10H9BrO/c1-6-2-3-7-4-5-8(12)9(7)10(6)11/h2-3H,4-5H2,1H3. The van der Waals surface area contributed by atoms with Crippen molar-refractivity contribution in [2.24, 2.45) is 0 Å². The van der Waals surface area contributed by atoms with Gasteiger partial charge >= 0.3 is 0 Å². The average molecular weight is 225 g/mol. The molecule has 0 amide bonds. The topological polar surface area (TPSA) is 17.1 Å². The fourth-order valence-electron chi connectivity index (χ4n) is 1.60. The molecular formula is C10H9BrO. The first-order valence-electron chi connectivity index (χ1n) is 4.01. The lowest BCUT2D eigenvalue weighted by Gasteiger charge is -2.03. The molecule has 0 N–H and O–H groups in total. The number of rotatable bonds is 0. The van der Waals surface area contributed by atoms with Crippen molar-refractivity contribution in [1.29, 1.82) is 0 Å². The molecule has 0 unspecified atom stereocenters. The molecule has 2 rings (SSSR count). The highest BCUT2D eigenvalue weighted by Gasteiger charge is 2.22. The number of halogens is 1. The predicted octanol–water partition coefficient (Wildman–Crippen LogP) is 2.89. The molecule has 0 radical (unpaired) electrons. The summed E-state index contributed by atoms with van der Waals surface area (Å²) in [5, 5.41) is 0. The fraction of sp³-hybridized carbons (Fsp3) is 0.300. The number of hydrogen-bond acceptors (Lipinski definition) is 1. The lowest BCUT2D eigenvalue weighted by atomic mass is 10.1. The van der Waals surface area contributed by atoms with E-state index in [0.717, 1.165) is 22.0 Å². The largest absolute Gasteiger partial charge is 0.294 e. The molecule has 0 spiro atoms. The Bertz CT molecular complexity index is 355. The summed E-state index contributed by atoms with van der Waals surface area (Å²) in [6.45, 7) is 2.01. The molecule has 0 aliphatic heterocycles. The molecule has 62 valence electrons. The van der Waals surface area contributed by atoms with Crippen LogP contribution in [0, 0.1) is 6.92 Å². The number of fused-ring (bicyclic) bond motifs is 1. The van der Waals surface area contributed by atoms with E-state index in [1.54, 1.807) is 0 Å². The maximum absolute atomic E-state index is 11.4. The second kappa shape index (κ2) is 2.70. The van der Waals surface area contributed by atoms with Gasteiger partial charge in [0.05, 0.1) is 0 Å². The summed E-state index contributed by atoms with van der Waals surface area (Å²) >= 11 is 3.45. The van der Waals surface area contributed by atoms with Crippen LogP contribution in [0.1, 0.15) is 27.9 Å². The van der Waals surface area contributed by atoms with Crippen LogP contribution in [0.15, 0.2) is 16.6 Å². The van der Waals surface area contributed by atoms with Crippen molar-refractivity contribution in [3.8, 4) is 0 Å². The van der Waals surface area contributed by atoms with Gasteiger partial charge < -0.3 is 0 Å². The number of ketones is 1. The van der Waals surface area contributed by atoms with E-state index in [1.807, 2.05) is 6.92 Å². The van der Waals surface area contributed by atoms with E-state index >= 15 is 0 Å². The Balaban J connectivity index is 2.71. The van der Waals surface area contributed by atoms with Crippen LogP contribution in [-0.4, -0.2) is 5.78 Å². The summed E-state index contributed by atoms with van der Waals surface area (Å²) in [5.74, 6) is 0.278. The summed E-state index contributed by atoms with van der Waals surface area (Å²) in [6.07, 6.45) is 1.59. The van der Waals surface area contributed by atoms with Crippen LogP contribution >= 0.6 is 15.9 Å². The molecule has 2 heteroatoms. The van der Waals surface area contributed by atoms with Gasteiger partial charge in [0, 0.05) is 16.5 Å². The number of benzene rings is 1. The van der Waals surface area contributed by atoms with E-state index in [0.29, 0.717) is 6.42 Å². The summed E-state index contributed by atoms with van der Waals surface area (Å²) in [7, 11) is 0. The van der Waals surface area contributed by atoms with Crippen molar-refractivity contribution in [3.05, 3.63) is 33.3 Å². The van der Waals surface area contributed by atoms with Crippen LogP contribution in [0.2, 0.25) is 0 Å². The van der Waals surface area contributed by atoms with Crippen molar-refractivity contribution < 1.29 is 4.79 Å². The average Bonchev–Trinajstić information content (AvgIpc) is 2.41. The van der Waals surface area contributed by atoms with Crippen LogP contribution in [-0.2, 0) is 6.42 Å². The molecule has 0 aromatic heterocycles. The molecule has 0 bridgehead atoms. The van der Waals surface area contributed by atoms with E-state index in [1.165, 1.54) is 5.56 Å². The zero-order valence-corrected chi connectivity index (χ0v) is 8.44. The first-order chi connectivity index (χ1) is 5.70. The highest BCUT2D eigenvalue weighted by molar-refractivity contribution is 9.10. The lowest BCUT2D eigenvalue weighted by Crippen LogP contribution is -1.94. The van der Waals surface area contributed by atoms with Crippen LogP contribution in [0.5, 0.6) is 0 Å². The number of carbonyl (C=O) groups is 1. The Morgan fingerprint density at radius 2 is 2.08 bits per heavy atom. The Kier molecular flexibility index (Phi) is 1.80. The van der Waals surface area contributed by atoms with E-state index in [2.05, 4.69) is 28.1 Å². The van der Waals surface area contributed by atoms with Gasteiger partial charge in [-0.3, -0.25) is 4.79 Å². The summed E-state index contributed by atoms with van der Waals surface area (Å²) < 4.78 is 0.988. The van der Waals surface area contributed by atoms with Gasteiger partial charge in [0.2, 0.25) is 0 Å². The minimum Gasteiger partial charge on any atom is -0.294 e. The van der Waals surface area contributed by atoms with Gasteiger partial charge in [-0.05, 0) is 40.4 Å². The minimum absolute atomic E-state index is 0.278. The van der Waals surface area contributed by atoms with Crippen molar-refractivity contribution in [2.75, 3.05) is 0 Å². The van der Waals surface area contributed by atoms with Gasteiger partial charge in [-0.2, -0.15) is 0 Å². The highest BCUT2D eigenvalue weighted by atomic mass is 79.9. The summed E-state index contributed by atoms with van der Waals surface area (Å²) in [5.41, 5.74) is 3.25. The van der Waals surface area contributed by atoms with Gasteiger partial charge in [-0.15, -0.1) is 0 Å². The molecule has 1 aromatic rings. The summed E-state index contributed by atoms with van der Waals surface area (Å²) in [6, 6.07) is 4.11. The zero-order chi connectivity index (χ0) is 8.72. The van der Waals surface area contributed by atoms with E-state index in [4.69, 9.17) is 0 Å². The number of hydrogen-bond donors (Lipinski definition) is 0. The van der Waals surface area contributed by atoms with Gasteiger partial charge in [0.1, 0.15) is 0 Å². The van der Waals surface area contributed by atoms with Crippen molar-refractivity contribution in [2.45, 2.75) is 19.8 Å². The van der Waals surface area contributed by atoms with Crippen LogP contribution in [0.25, 0.3) is 0 Å². The molecule has 0 heterocycles. The van der Waals surface area contributed by atoms with Crippen LogP contribution < -0.4 is 0 Å². The number of carbonyl (C=O) groups excluding carboxylic acids is 1. The minimum atomic E-state index is 0.278. The van der Waals surface area contributed by atoms with Gasteiger partial charge in [-0.1, -0.05) is 12.1 Å². The normalized spacial score (nSPS) is 15.0. The SMILES string of the molecule is Cc1ccc2c(c1Br)C(=O)CC2. The summed E-state index contributed by atoms with van der Waals surface area (Å²) in [4.78, 5) is 11.4. The van der Waals surface area contributed by atoms with E-state index in [-0.39, 0.29) is 5.78 Å². The molecular weight excluding hydrogens is 216 g/mol. The maximum atomic E-state index is 11.4. The van der Waals surface area contributed by atoms with Crippen LogP contribution in [0.3, 0.4) is 0 Å². The highest BCUT2D eigenvalue weighted by Crippen LogP contribution is 2.31. The lowest BCUT2D eigenvalue weighted by molar-refractivity contribution is 0.0994. The van der Waals surface area contributed by atoms with Crippen molar-refractivity contribution in [1.82, 2.24) is 0 Å². The Morgan fingerprint density at radius 3 is 2.83 bits per heavy atom. The predicted molar refractivity (Wildman–Crippen MR) is 51.5 cm³/mol. The molecule has 0 saturated carbocycles. The third-order valence-electron chi connectivity index (χ3n) is 2.32. The monoisotopic (exact) mass is 224 g/mol.